The molecule has 5 nitrogen and oxygen atoms in total. The fraction of sp³-hybridized carbons (Fsp3) is 0.429. The molecule has 2 rings (SSSR count). The Morgan fingerprint density at radius 2 is 2.16 bits per heavy atom. The molecule has 1 aliphatic heterocycles. The number of likely N-dealkylation sites (tertiary alicyclic amines) is 1. The van der Waals surface area contributed by atoms with Gasteiger partial charge in [0.15, 0.2) is 0 Å². The summed E-state index contributed by atoms with van der Waals surface area (Å²) >= 11 is 0. The second-order valence-electron chi connectivity index (χ2n) is 4.68. The van der Waals surface area contributed by atoms with E-state index in [1.165, 1.54) is 7.05 Å². The second-order valence-corrected chi connectivity index (χ2v) is 4.68. The normalized spacial score (nSPS) is 18.5. The third kappa shape index (κ3) is 3.71. The molecule has 1 aliphatic rings. The van der Waals surface area contributed by atoms with Crippen LogP contribution in [0.1, 0.15) is 12.0 Å². The molecule has 1 saturated heterocycles. The van der Waals surface area contributed by atoms with Crippen LogP contribution in [0.25, 0.3) is 0 Å². The average molecular weight is 262 g/mol. The fourth-order valence-corrected chi connectivity index (χ4v) is 2.19. The summed E-state index contributed by atoms with van der Waals surface area (Å²) in [7, 11) is 1.52. The average Bonchev–Trinajstić information content (AvgIpc) is 2.78. The molecule has 1 fully saturated rings. The highest BCUT2D eigenvalue weighted by molar-refractivity contribution is 5.78. The Balaban J connectivity index is 1.84. The van der Waals surface area contributed by atoms with Crippen LogP contribution in [0.3, 0.4) is 0 Å². The van der Waals surface area contributed by atoms with Crippen molar-refractivity contribution in [1.82, 2.24) is 10.2 Å². The lowest BCUT2D eigenvalue weighted by molar-refractivity contribution is -0.128. The van der Waals surface area contributed by atoms with Gasteiger partial charge in [-0.15, -0.1) is 0 Å². The summed E-state index contributed by atoms with van der Waals surface area (Å²) in [6, 6.07) is 9.88. The molecule has 1 aromatic rings. The van der Waals surface area contributed by atoms with Crippen LogP contribution >= 0.6 is 0 Å². The quantitative estimate of drug-likeness (QED) is 0.892. The maximum absolute atomic E-state index is 11.9. The predicted octanol–water partition coefficient (Wildman–Crippen LogP) is 1.39. The first kappa shape index (κ1) is 13.4. The maximum atomic E-state index is 11.9. The van der Waals surface area contributed by atoms with E-state index in [1.807, 2.05) is 35.2 Å². The molecule has 1 N–H and O–H groups in total. The number of alkyl carbamates (subject to hydrolysis) is 1. The van der Waals surface area contributed by atoms with Gasteiger partial charge in [-0.3, -0.25) is 4.79 Å². The van der Waals surface area contributed by atoms with E-state index in [-0.39, 0.29) is 18.4 Å². The minimum atomic E-state index is -0.450. The molecule has 19 heavy (non-hydrogen) atoms. The van der Waals surface area contributed by atoms with Crippen LogP contribution in [0.2, 0.25) is 0 Å². The number of nitrogens with one attached hydrogen (secondary N) is 1. The molecule has 1 atom stereocenters. The van der Waals surface area contributed by atoms with Gasteiger partial charge in [-0.05, 0) is 5.56 Å². The number of ether oxygens (including phenoxy) is 1. The van der Waals surface area contributed by atoms with Gasteiger partial charge in [0.25, 0.3) is 0 Å². The highest BCUT2D eigenvalue weighted by atomic mass is 16.5. The molecule has 0 radical (unpaired) electrons. The molecule has 0 spiro atoms. The zero-order valence-corrected chi connectivity index (χ0v) is 11.0. The van der Waals surface area contributed by atoms with Crippen LogP contribution in [0.4, 0.5) is 4.79 Å². The first-order valence-electron chi connectivity index (χ1n) is 6.35. The van der Waals surface area contributed by atoms with Gasteiger partial charge in [0, 0.05) is 32.5 Å². The Bertz CT molecular complexity index is 447. The lowest BCUT2D eigenvalue weighted by atomic mass is 10.1. The maximum Gasteiger partial charge on any atom is 0.406 e. The summed E-state index contributed by atoms with van der Waals surface area (Å²) in [6.07, 6.45) is -0.00180. The monoisotopic (exact) mass is 262 g/mol. The SMILES string of the molecule is CNC(=O)OCC1CC(=O)N(Cc2ccccc2)C1. The van der Waals surface area contributed by atoms with Crippen molar-refractivity contribution in [3.8, 4) is 0 Å². The zero-order chi connectivity index (χ0) is 13.7. The minimum absolute atomic E-state index is 0.0912. The van der Waals surface area contributed by atoms with E-state index in [0.29, 0.717) is 19.5 Å². The third-order valence-electron chi connectivity index (χ3n) is 3.17. The number of rotatable bonds is 4. The van der Waals surface area contributed by atoms with Gasteiger partial charge in [-0.25, -0.2) is 4.79 Å². The van der Waals surface area contributed by atoms with Crippen molar-refractivity contribution in [3.63, 3.8) is 0 Å². The van der Waals surface area contributed by atoms with Crippen molar-refractivity contribution >= 4 is 12.0 Å². The molecule has 0 saturated carbocycles. The van der Waals surface area contributed by atoms with Gasteiger partial charge in [0.05, 0.1) is 6.61 Å². The largest absolute Gasteiger partial charge is 0.449 e. The summed E-state index contributed by atoms with van der Waals surface area (Å²) < 4.78 is 4.99. The second kappa shape index (κ2) is 6.22. The van der Waals surface area contributed by atoms with E-state index in [4.69, 9.17) is 4.74 Å². The Hall–Kier alpha value is -2.04. The van der Waals surface area contributed by atoms with E-state index in [0.717, 1.165) is 5.56 Å². The highest BCUT2D eigenvalue weighted by Gasteiger charge is 2.30. The van der Waals surface area contributed by atoms with Crippen LogP contribution in [0.5, 0.6) is 0 Å². The molecular formula is C14H18N2O3. The third-order valence-corrected chi connectivity index (χ3v) is 3.17. The number of carbonyl (C=O) groups is 2. The Morgan fingerprint density at radius 3 is 2.84 bits per heavy atom. The Morgan fingerprint density at radius 1 is 1.42 bits per heavy atom. The van der Waals surface area contributed by atoms with Gasteiger partial charge in [-0.2, -0.15) is 0 Å². The molecule has 2 amide bonds. The van der Waals surface area contributed by atoms with Gasteiger partial charge < -0.3 is 15.0 Å². The van der Waals surface area contributed by atoms with E-state index >= 15 is 0 Å². The molecule has 102 valence electrons. The predicted molar refractivity (Wildman–Crippen MR) is 70.4 cm³/mol. The minimum Gasteiger partial charge on any atom is -0.449 e. The standard InChI is InChI=1S/C14H18N2O3/c1-15-14(18)19-10-12-7-13(17)16(9-12)8-11-5-3-2-4-6-11/h2-6,12H,7-10H2,1H3,(H,15,18). The molecule has 1 unspecified atom stereocenters. The molecule has 5 heteroatoms. The fourth-order valence-electron chi connectivity index (χ4n) is 2.19. The van der Waals surface area contributed by atoms with E-state index in [9.17, 15) is 9.59 Å². The molecule has 1 heterocycles. The molecule has 0 aliphatic carbocycles. The van der Waals surface area contributed by atoms with Crippen molar-refractivity contribution in [2.45, 2.75) is 13.0 Å². The number of amides is 2. The first-order valence-corrected chi connectivity index (χ1v) is 6.35. The Labute approximate surface area is 112 Å². The van der Waals surface area contributed by atoms with Crippen LogP contribution < -0.4 is 5.32 Å². The van der Waals surface area contributed by atoms with Crippen molar-refractivity contribution in [2.75, 3.05) is 20.2 Å². The van der Waals surface area contributed by atoms with Gasteiger partial charge >= 0.3 is 6.09 Å². The summed E-state index contributed by atoms with van der Waals surface area (Å²) in [5.41, 5.74) is 1.11. The van der Waals surface area contributed by atoms with Crippen molar-refractivity contribution in [3.05, 3.63) is 35.9 Å². The highest BCUT2D eigenvalue weighted by Crippen LogP contribution is 2.20. The van der Waals surface area contributed by atoms with Crippen LogP contribution in [0, 0.1) is 5.92 Å². The number of benzene rings is 1. The number of carbonyl (C=O) groups excluding carboxylic acids is 2. The van der Waals surface area contributed by atoms with E-state index < -0.39 is 6.09 Å². The van der Waals surface area contributed by atoms with E-state index in [1.54, 1.807) is 0 Å². The molecule has 0 aromatic heterocycles. The molecule has 0 bridgehead atoms. The van der Waals surface area contributed by atoms with E-state index in [2.05, 4.69) is 5.32 Å². The van der Waals surface area contributed by atoms with Crippen molar-refractivity contribution in [1.29, 1.82) is 0 Å². The zero-order valence-electron chi connectivity index (χ0n) is 11.0. The van der Waals surface area contributed by atoms with Crippen LogP contribution in [-0.2, 0) is 16.1 Å². The van der Waals surface area contributed by atoms with Crippen LogP contribution in [-0.4, -0.2) is 37.1 Å². The Kier molecular flexibility index (Phi) is 4.39. The number of hydrogen-bond donors (Lipinski definition) is 1. The first-order chi connectivity index (χ1) is 9.19. The van der Waals surface area contributed by atoms with Crippen LogP contribution in [0.15, 0.2) is 30.3 Å². The molecule has 1 aromatic carbocycles. The summed E-state index contributed by atoms with van der Waals surface area (Å²) in [4.78, 5) is 24.7. The summed E-state index contributed by atoms with van der Waals surface area (Å²) in [6.45, 7) is 1.55. The van der Waals surface area contributed by atoms with Gasteiger partial charge in [0.1, 0.15) is 0 Å². The topological polar surface area (TPSA) is 58.6 Å². The van der Waals surface area contributed by atoms with Crippen molar-refractivity contribution in [2.24, 2.45) is 5.92 Å². The smallest absolute Gasteiger partial charge is 0.406 e. The summed E-state index contributed by atoms with van der Waals surface area (Å²) in [5.74, 6) is 0.211. The lowest BCUT2D eigenvalue weighted by Gasteiger charge is -2.16. The molecular weight excluding hydrogens is 244 g/mol. The van der Waals surface area contributed by atoms with Gasteiger partial charge in [-0.1, -0.05) is 30.3 Å². The van der Waals surface area contributed by atoms with Gasteiger partial charge in [0.2, 0.25) is 5.91 Å². The van der Waals surface area contributed by atoms with Crippen molar-refractivity contribution < 1.29 is 14.3 Å². The lowest BCUT2D eigenvalue weighted by Crippen LogP contribution is -2.26. The summed E-state index contributed by atoms with van der Waals surface area (Å²) in [5, 5.41) is 2.39. The number of nitrogens with zero attached hydrogens (tertiary/aromatic N) is 1. The number of hydrogen-bond acceptors (Lipinski definition) is 3.